The Bertz CT molecular complexity index is 372. The van der Waals surface area contributed by atoms with Crippen molar-refractivity contribution in [2.24, 2.45) is 11.8 Å². The zero-order valence-electron chi connectivity index (χ0n) is 10.6. The van der Waals surface area contributed by atoms with Crippen LogP contribution in [0.5, 0.6) is 0 Å². The third-order valence-corrected chi connectivity index (χ3v) is 5.09. The van der Waals surface area contributed by atoms with Gasteiger partial charge in [0.2, 0.25) is 0 Å². The van der Waals surface area contributed by atoms with E-state index in [0.29, 0.717) is 0 Å². The van der Waals surface area contributed by atoms with Crippen molar-refractivity contribution in [3.8, 4) is 0 Å². The molecule has 0 spiro atoms. The Labute approximate surface area is 119 Å². The molecule has 1 aromatic carbocycles. The lowest BCUT2D eigenvalue weighted by molar-refractivity contribution is 0.429. The first-order chi connectivity index (χ1) is 8.83. The van der Waals surface area contributed by atoms with Gasteiger partial charge in [0.25, 0.3) is 0 Å². The fourth-order valence-corrected chi connectivity index (χ4v) is 3.46. The fraction of sp³-hybridized carbons (Fsp3) is 0.600. The van der Waals surface area contributed by atoms with Gasteiger partial charge in [0.15, 0.2) is 0 Å². The number of nitrogens with one attached hydrogen (secondary N) is 1. The Morgan fingerprint density at radius 2 is 1.72 bits per heavy atom. The van der Waals surface area contributed by atoms with E-state index in [1.165, 1.54) is 30.6 Å². The molecular weight excluding hydrogens is 262 g/mol. The van der Waals surface area contributed by atoms with E-state index in [0.717, 1.165) is 35.2 Å². The molecule has 0 unspecified atom stereocenters. The van der Waals surface area contributed by atoms with Crippen molar-refractivity contribution in [1.82, 2.24) is 5.32 Å². The molecule has 1 aromatic rings. The van der Waals surface area contributed by atoms with Crippen molar-refractivity contribution in [3.05, 3.63) is 29.3 Å². The van der Waals surface area contributed by atoms with Gasteiger partial charge in [0.05, 0.1) is 0 Å². The number of halogens is 1. The Hall–Kier alpha value is -0.180. The maximum Gasteiger partial charge on any atom is 0.0406 e. The smallest absolute Gasteiger partial charge is 0.0406 e. The molecule has 2 saturated carbocycles. The molecule has 0 atom stereocenters. The standard InChI is InChI=1S/C15H20ClNS/c16-13-5-7-14(8-6-13)18-10-9-17-15(11-1-2-11)12-3-4-12/h5-8,11-12,15,17H,1-4,9-10H2. The molecule has 0 saturated heterocycles. The molecule has 0 heterocycles. The van der Waals surface area contributed by atoms with Crippen molar-refractivity contribution in [1.29, 1.82) is 0 Å². The van der Waals surface area contributed by atoms with E-state index in [2.05, 4.69) is 17.4 Å². The van der Waals surface area contributed by atoms with Crippen molar-refractivity contribution < 1.29 is 0 Å². The van der Waals surface area contributed by atoms with Crippen molar-refractivity contribution in [3.63, 3.8) is 0 Å². The van der Waals surface area contributed by atoms with Crippen LogP contribution in [0.1, 0.15) is 25.7 Å². The Morgan fingerprint density at radius 3 is 2.28 bits per heavy atom. The van der Waals surface area contributed by atoms with Crippen LogP contribution in [0, 0.1) is 11.8 Å². The molecule has 1 nitrogen and oxygen atoms in total. The van der Waals surface area contributed by atoms with Crippen molar-refractivity contribution >= 4 is 23.4 Å². The largest absolute Gasteiger partial charge is 0.313 e. The Kier molecular flexibility index (Phi) is 4.17. The van der Waals surface area contributed by atoms with Gasteiger partial charge >= 0.3 is 0 Å². The van der Waals surface area contributed by atoms with Gasteiger partial charge in [0, 0.05) is 28.3 Å². The highest BCUT2D eigenvalue weighted by Crippen LogP contribution is 2.44. The van der Waals surface area contributed by atoms with Crippen LogP contribution in [0.3, 0.4) is 0 Å². The molecule has 2 aliphatic rings. The number of benzene rings is 1. The lowest BCUT2D eigenvalue weighted by Gasteiger charge is -2.17. The molecule has 2 aliphatic carbocycles. The summed E-state index contributed by atoms with van der Waals surface area (Å²) in [4.78, 5) is 1.32. The van der Waals surface area contributed by atoms with E-state index in [9.17, 15) is 0 Å². The van der Waals surface area contributed by atoms with Crippen molar-refractivity contribution in [2.75, 3.05) is 12.3 Å². The lowest BCUT2D eigenvalue weighted by Crippen LogP contribution is -2.34. The van der Waals surface area contributed by atoms with Gasteiger partial charge in [-0.2, -0.15) is 0 Å². The van der Waals surface area contributed by atoms with Crippen LogP contribution in [-0.4, -0.2) is 18.3 Å². The second-order valence-electron chi connectivity index (χ2n) is 5.46. The average molecular weight is 282 g/mol. The summed E-state index contributed by atoms with van der Waals surface area (Å²) in [5.41, 5.74) is 0. The normalized spacial score (nSPS) is 19.4. The summed E-state index contributed by atoms with van der Waals surface area (Å²) < 4.78 is 0. The van der Waals surface area contributed by atoms with E-state index in [4.69, 9.17) is 11.6 Å². The lowest BCUT2D eigenvalue weighted by atomic mass is 10.1. The van der Waals surface area contributed by atoms with Crippen LogP contribution < -0.4 is 5.32 Å². The van der Waals surface area contributed by atoms with Gasteiger partial charge in [-0.1, -0.05) is 11.6 Å². The van der Waals surface area contributed by atoms with E-state index >= 15 is 0 Å². The fourth-order valence-electron chi connectivity index (χ4n) is 2.55. The summed E-state index contributed by atoms with van der Waals surface area (Å²) in [7, 11) is 0. The third kappa shape index (κ3) is 3.66. The zero-order chi connectivity index (χ0) is 12.4. The average Bonchev–Trinajstić information content (AvgIpc) is 3.25. The molecule has 0 aromatic heterocycles. The molecule has 2 fully saturated rings. The zero-order valence-corrected chi connectivity index (χ0v) is 12.1. The predicted molar refractivity (Wildman–Crippen MR) is 79.4 cm³/mol. The molecule has 3 rings (SSSR count). The molecule has 3 heteroatoms. The number of thioether (sulfide) groups is 1. The van der Waals surface area contributed by atoms with Gasteiger partial charge in [-0.15, -0.1) is 11.8 Å². The maximum atomic E-state index is 5.88. The highest BCUT2D eigenvalue weighted by Gasteiger charge is 2.40. The maximum absolute atomic E-state index is 5.88. The van der Waals surface area contributed by atoms with Gasteiger partial charge in [-0.3, -0.25) is 0 Å². The quantitative estimate of drug-likeness (QED) is 0.593. The van der Waals surface area contributed by atoms with Crippen LogP contribution in [0.2, 0.25) is 5.02 Å². The Balaban J connectivity index is 1.37. The number of hydrogen-bond donors (Lipinski definition) is 1. The minimum Gasteiger partial charge on any atom is -0.313 e. The molecule has 0 radical (unpaired) electrons. The molecule has 0 amide bonds. The number of rotatable bonds is 7. The molecular formula is C15H20ClNS. The highest BCUT2D eigenvalue weighted by molar-refractivity contribution is 7.99. The van der Waals surface area contributed by atoms with Gasteiger partial charge in [-0.05, 0) is 61.8 Å². The second kappa shape index (κ2) is 5.85. The molecule has 98 valence electrons. The van der Waals surface area contributed by atoms with E-state index in [-0.39, 0.29) is 0 Å². The first-order valence-corrected chi connectivity index (χ1v) is 8.31. The van der Waals surface area contributed by atoms with Crippen LogP contribution in [-0.2, 0) is 0 Å². The SMILES string of the molecule is Clc1ccc(SCCNC(C2CC2)C2CC2)cc1. The van der Waals surface area contributed by atoms with Crippen molar-refractivity contribution in [2.45, 2.75) is 36.6 Å². The summed E-state index contributed by atoms with van der Waals surface area (Å²) in [5.74, 6) is 3.15. The third-order valence-electron chi connectivity index (χ3n) is 3.82. The molecule has 18 heavy (non-hydrogen) atoms. The topological polar surface area (TPSA) is 12.0 Å². The molecule has 0 bridgehead atoms. The highest BCUT2D eigenvalue weighted by atomic mass is 35.5. The predicted octanol–water partition coefficient (Wildman–Crippen LogP) is 4.21. The second-order valence-corrected chi connectivity index (χ2v) is 7.06. The molecule has 0 aliphatic heterocycles. The van der Waals surface area contributed by atoms with Gasteiger partial charge in [-0.25, -0.2) is 0 Å². The first-order valence-electron chi connectivity index (χ1n) is 6.95. The van der Waals surface area contributed by atoms with Crippen LogP contribution >= 0.6 is 23.4 Å². The summed E-state index contributed by atoms with van der Waals surface area (Å²) >= 11 is 7.79. The summed E-state index contributed by atoms with van der Waals surface area (Å²) in [6.45, 7) is 1.13. The summed E-state index contributed by atoms with van der Waals surface area (Å²) in [6.07, 6.45) is 5.83. The Morgan fingerprint density at radius 1 is 1.11 bits per heavy atom. The van der Waals surface area contributed by atoms with Crippen LogP contribution in [0.4, 0.5) is 0 Å². The monoisotopic (exact) mass is 281 g/mol. The first kappa shape index (κ1) is 12.8. The summed E-state index contributed by atoms with van der Waals surface area (Å²) in [6, 6.07) is 8.97. The van der Waals surface area contributed by atoms with Gasteiger partial charge < -0.3 is 5.32 Å². The number of hydrogen-bond acceptors (Lipinski definition) is 2. The minimum atomic E-state index is 0.819. The van der Waals surface area contributed by atoms with Gasteiger partial charge in [0.1, 0.15) is 0 Å². The van der Waals surface area contributed by atoms with E-state index in [1.54, 1.807) is 0 Å². The van der Waals surface area contributed by atoms with Crippen LogP contribution in [0.15, 0.2) is 29.2 Å². The summed E-state index contributed by atoms with van der Waals surface area (Å²) in [5, 5.41) is 4.60. The van der Waals surface area contributed by atoms with Crippen LogP contribution in [0.25, 0.3) is 0 Å². The molecule has 1 N–H and O–H groups in total. The van der Waals surface area contributed by atoms with E-state index in [1.807, 2.05) is 23.9 Å². The minimum absolute atomic E-state index is 0.819. The van der Waals surface area contributed by atoms with E-state index < -0.39 is 0 Å².